The van der Waals surface area contributed by atoms with E-state index in [0.29, 0.717) is 0 Å². The van der Waals surface area contributed by atoms with Crippen molar-refractivity contribution in [3.63, 3.8) is 0 Å². The van der Waals surface area contributed by atoms with Crippen LogP contribution in [0.4, 0.5) is 14.6 Å². The van der Waals surface area contributed by atoms with Crippen LogP contribution in [0, 0.1) is 11.3 Å². The van der Waals surface area contributed by atoms with Gasteiger partial charge in [-0.2, -0.15) is 19.1 Å². The van der Waals surface area contributed by atoms with E-state index in [1.54, 1.807) is 0 Å². The summed E-state index contributed by atoms with van der Waals surface area (Å²) in [4.78, 5) is 0. The molecule has 1 aromatic heterocycles. The summed E-state index contributed by atoms with van der Waals surface area (Å²) in [6, 6.07) is 5.45. The lowest BCUT2D eigenvalue weighted by molar-refractivity contribution is -0.0498. The van der Waals surface area contributed by atoms with Crippen molar-refractivity contribution in [3.05, 3.63) is 33.9 Å². The molecule has 0 aliphatic carbocycles. The first-order valence-corrected chi connectivity index (χ1v) is 5.88. The molecule has 0 atom stereocenters. The molecule has 0 aliphatic heterocycles. The van der Waals surface area contributed by atoms with Crippen molar-refractivity contribution in [2.45, 2.75) is 6.61 Å². The van der Waals surface area contributed by atoms with E-state index < -0.39 is 6.61 Å². The molecule has 2 rings (SSSR count). The minimum atomic E-state index is -2.99. The molecule has 1 heterocycles. The number of nitrogens with two attached hydrogens (primary N) is 1. The second kappa shape index (κ2) is 5.53. The van der Waals surface area contributed by atoms with Gasteiger partial charge in [0, 0.05) is 18.2 Å². The Hall–Kier alpha value is -2.04. The number of hydrogen-bond acceptors (Lipinski definition) is 4. The number of anilines is 1. The van der Waals surface area contributed by atoms with Gasteiger partial charge in [0.15, 0.2) is 5.69 Å². The fourth-order valence-corrected chi connectivity index (χ4v) is 2.17. The second-order valence-corrected chi connectivity index (χ2v) is 4.41. The number of aromatic nitrogens is 2. The van der Waals surface area contributed by atoms with Gasteiger partial charge in [-0.25, -0.2) is 4.68 Å². The molecule has 2 aromatic rings. The summed E-state index contributed by atoms with van der Waals surface area (Å²) in [5.41, 5.74) is 5.93. The summed E-state index contributed by atoms with van der Waals surface area (Å²) in [5, 5.41) is 12.7. The van der Waals surface area contributed by atoms with Crippen LogP contribution < -0.4 is 10.5 Å². The molecule has 0 amide bonds. The molecule has 0 saturated heterocycles. The normalized spacial score (nSPS) is 10.6. The molecule has 104 valence electrons. The highest BCUT2D eigenvalue weighted by atomic mass is 35.5. The van der Waals surface area contributed by atoms with E-state index in [2.05, 4.69) is 9.84 Å². The van der Waals surface area contributed by atoms with E-state index in [0.717, 1.165) is 16.8 Å². The molecular weight excluding hydrogens is 313 g/mol. The number of rotatable bonds is 3. The molecule has 1 aromatic carbocycles. The van der Waals surface area contributed by atoms with Crippen LogP contribution in [0.2, 0.25) is 10.0 Å². The summed E-state index contributed by atoms with van der Waals surface area (Å²) in [7, 11) is 0. The third kappa shape index (κ3) is 2.76. The van der Waals surface area contributed by atoms with E-state index in [-0.39, 0.29) is 33.0 Å². The van der Waals surface area contributed by atoms with Crippen LogP contribution in [-0.4, -0.2) is 16.4 Å². The second-order valence-electron chi connectivity index (χ2n) is 3.59. The predicted octanol–water partition coefficient (Wildman–Crippen LogP) is 3.23. The van der Waals surface area contributed by atoms with E-state index in [1.165, 1.54) is 6.07 Å². The lowest BCUT2D eigenvalue weighted by Gasteiger charge is -2.11. The van der Waals surface area contributed by atoms with Crippen molar-refractivity contribution in [2.75, 3.05) is 5.73 Å². The summed E-state index contributed by atoms with van der Waals surface area (Å²) in [6.45, 7) is -2.99. The number of benzene rings is 1. The summed E-state index contributed by atoms with van der Waals surface area (Å²) >= 11 is 11.9. The fourth-order valence-electron chi connectivity index (χ4n) is 1.54. The summed E-state index contributed by atoms with van der Waals surface area (Å²) in [5.74, 6) is -0.0575. The van der Waals surface area contributed by atoms with Crippen LogP contribution in [0.15, 0.2) is 18.2 Å². The predicted molar refractivity (Wildman–Crippen MR) is 69.3 cm³/mol. The van der Waals surface area contributed by atoms with Gasteiger partial charge in [0.25, 0.3) is 0 Å². The molecule has 2 N–H and O–H groups in total. The number of ether oxygens (including phenoxy) is 1. The van der Waals surface area contributed by atoms with Gasteiger partial charge in [-0.3, -0.25) is 0 Å². The van der Waals surface area contributed by atoms with Crippen molar-refractivity contribution in [2.24, 2.45) is 0 Å². The SMILES string of the molecule is N#Cc1cc(N)n(-c2c(Cl)cc(OC(F)F)cc2Cl)n1. The van der Waals surface area contributed by atoms with Gasteiger partial charge in [-0.05, 0) is 0 Å². The van der Waals surface area contributed by atoms with Crippen molar-refractivity contribution < 1.29 is 13.5 Å². The summed E-state index contributed by atoms with van der Waals surface area (Å²) in [6.07, 6.45) is 0. The van der Waals surface area contributed by atoms with Gasteiger partial charge >= 0.3 is 6.61 Å². The Morgan fingerprint density at radius 1 is 1.30 bits per heavy atom. The highest BCUT2D eigenvalue weighted by Gasteiger charge is 2.16. The standard InChI is InChI=1S/C11H6Cl2F2N4O/c12-7-2-6(20-11(14)15)3-8(13)10(7)19-9(17)1-5(4-16)18-19/h1-3,11H,17H2. The monoisotopic (exact) mass is 318 g/mol. The topological polar surface area (TPSA) is 76.9 Å². The number of nitrogen functional groups attached to an aromatic ring is 1. The number of hydrogen-bond donors (Lipinski definition) is 1. The first kappa shape index (κ1) is 14.4. The molecule has 0 spiro atoms. The highest BCUT2D eigenvalue weighted by Crippen LogP contribution is 2.34. The molecular formula is C11H6Cl2F2N4O. The Balaban J connectivity index is 2.52. The van der Waals surface area contributed by atoms with Crippen molar-refractivity contribution in [3.8, 4) is 17.5 Å². The largest absolute Gasteiger partial charge is 0.435 e. The molecule has 0 unspecified atom stereocenters. The van der Waals surface area contributed by atoms with Crippen LogP contribution in [-0.2, 0) is 0 Å². The average molecular weight is 319 g/mol. The Morgan fingerprint density at radius 2 is 1.90 bits per heavy atom. The van der Waals surface area contributed by atoms with Gasteiger partial charge < -0.3 is 10.5 Å². The maximum atomic E-state index is 12.1. The molecule has 0 saturated carbocycles. The van der Waals surface area contributed by atoms with Crippen molar-refractivity contribution in [1.29, 1.82) is 5.26 Å². The lowest BCUT2D eigenvalue weighted by Crippen LogP contribution is -2.05. The maximum Gasteiger partial charge on any atom is 0.387 e. The van der Waals surface area contributed by atoms with Gasteiger partial charge in [0.05, 0.1) is 10.0 Å². The molecule has 5 nitrogen and oxygen atoms in total. The number of halogens is 4. The fraction of sp³-hybridized carbons (Fsp3) is 0.0909. The van der Waals surface area contributed by atoms with Crippen LogP contribution in [0.1, 0.15) is 5.69 Å². The van der Waals surface area contributed by atoms with E-state index in [4.69, 9.17) is 34.2 Å². The summed E-state index contributed by atoms with van der Waals surface area (Å²) < 4.78 is 29.6. The van der Waals surface area contributed by atoms with Crippen LogP contribution in [0.3, 0.4) is 0 Å². The average Bonchev–Trinajstić information content (AvgIpc) is 2.69. The van der Waals surface area contributed by atoms with Gasteiger partial charge in [-0.1, -0.05) is 23.2 Å². The Labute approximate surface area is 122 Å². The zero-order valence-electron chi connectivity index (χ0n) is 9.65. The molecule has 0 bridgehead atoms. The zero-order chi connectivity index (χ0) is 14.9. The lowest BCUT2D eigenvalue weighted by atomic mass is 10.3. The molecule has 20 heavy (non-hydrogen) atoms. The smallest absolute Gasteiger partial charge is 0.387 e. The number of nitrogens with zero attached hydrogens (tertiary/aromatic N) is 3. The molecule has 0 radical (unpaired) electrons. The first-order chi connectivity index (χ1) is 9.42. The maximum absolute atomic E-state index is 12.1. The van der Waals surface area contributed by atoms with E-state index in [9.17, 15) is 8.78 Å². The first-order valence-electron chi connectivity index (χ1n) is 5.12. The van der Waals surface area contributed by atoms with Gasteiger partial charge in [0.1, 0.15) is 23.3 Å². The molecule has 0 fully saturated rings. The Morgan fingerprint density at radius 3 is 2.35 bits per heavy atom. The highest BCUT2D eigenvalue weighted by molar-refractivity contribution is 6.38. The Kier molecular flexibility index (Phi) is 3.97. The zero-order valence-corrected chi connectivity index (χ0v) is 11.2. The van der Waals surface area contributed by atoms with Crippen molar-refractivity contribution >= 4 is 29.0 Å². The molecule has 0 aliphatic rings. The third-order valence-electron chi connectivity index (χ3n) is 2.28. The Bertz CT molecular complexity index is 673. The third-order valence-corrected chi connectivity index (χ3v) is 2.86. The minimum absolute atomic E-state index is 0.00689. The quantitative estimate of drug-likeness (QED) is 0.942. The van der Waals surface area contributed by atoms with Gasteiger partial charge in [-0.15, -0.1) is 0 Å². The molecule has 9 heteroatoms. The number of nitriles is 1. The van der Waals surface area contributed by atoms with Crippen LogP contribution in [0.25, 0.3) is 5.69 Å². The van der Waals surface area contributed by atoms with Crippen LogP contribution in [0.5, 0.6) is 5.75 Å². The van der Waals surface area contributed by atoms with Crippen LogP contribution >= 0.6 is 23.2 Å². The van der Waals surface area contributed by atoms with E-state index >= 15 is 0 Å². The number of alkyl halides is 2. The minimum Gasteiger partial charge on any atom is -0.435 e. The van der Waals surface area contributed by atoms with Crippen molar-refractivity contribution in [1.82, 2.24) is 9.78 Å². The van der Waals surface area contributed by atoms with E-state index in [1.807, 2.05) is 6.07 Å². The van der Waals surface area contributed by atoms with Gasteiger partial charge in [0.2, 0.25) is 0 Å².